The van der Waals surface area contributed by atoms with E-state index in [4.69, 9.17) is 5.90 Å². The highest BCUT2D eigenvalue weighted by Gasteiger charge is 2.38. The molecule has 2 fully saturated rings. The molecule has 0 radical (unpaired) electrons. The van der Waals surface area contributed by atoms with E-state index in [1.54, 1.807) is 24.3 Å². The molecule has 3 N–H and O–H groups in total. The van der Waals surface area contributed by atoms with Crippen LogP contribution in [-0.4, -0.2) is 18.4 Å². The Morgan fingerprint density at radius 1 is 1.18 bits per heavy atom. The second kappa shape index (κ2) is 5.25. The number of carbonyl (C=O) groups excluding carboxylic acids is 2. The number of hydrogen-bond donors (Lipinski definition) is 2. The Hall–Kier alpha value is -1.46. The molecular weight excluding hydrogens is 220 g/mol. The van der Waals surface area contributed by atoms with Gasteiger partial charge in [-0.1, -0.05) is 24.3 Å². The smallest absolute Gasteiger partial charge is 0.234 e. The fraction of sp³-hybridized carbons (Fsp3) is 0.500. The summed E-state index contributed by atoms with van der Waals surface area (Å²) in [6.07, 6.45) is 9.73. The Labute approximate surface area is 99.6 Å². The molecule has 1 heterocycles. The van der Waals surface area contributed by atoms with Crippen molar-refractivity contribution in [2.24, 2.45) is 23.7 Å². The summed E-state index contributed by atoms with van der Waals surface area (Å²) in [5.74, 6) is 4.70. The fourth-order valence-corrected chi connectivity index (χ4v) is 1.82. The second-order valence-electron chi connectivity index (χ2n) is 4.45. The van der Waals surface area contributed by atoms with Crippen LogP contribution in [-0.2, 0) is 14.4 Å². The van der Waals surface area contributed by atoms with Gasteiger partial charge in [-0.15, -0.1) is 0 Å². The summed E-state index contributed by atoms with van der Waals surface area (Å²) >= 11 is 0. The van der Waals surface area contributed by atoms with E-state index < -0.39 is 0 Å². The molecule has 2 atom stereocenters. The monoisotopic (exact) mass is 236 g/mol. The molecule has 3 rings (SSSR count). The van der Waals surface area contributed by atoms with Gasteiger partial charge < -0.3 is 4.84 Å². The van der Waals surface area contributed by atoms with Crippen molar-refractivity contribution in [3.8, 4) is 0 Å². The van der Waals surface area contributed by atoms with Gasteiger partial charge >= 0.3 is 0 Å². The molecule has 17 heavy (non-hydrogen) atoms. The Balaban J connectivity index is 0.000000153. The standard InChI is InChI=1S/C8H7NO2.C4H9NO/c10-7-5-3-1-2-4-6(5)8(11)9-7;5-6-3-4-1-2-4/h1-6H,(H,9,10,11);4H,1-3,5H2. The lowest BCUT2D eigenvalue weighted by atomic mass is 9.91. The van der Waals surface area contributed by atoms with E-state index in [-0.39, 0.29) is 23.7 Å². The third kappa shape index (κ3) is 3.01. The van der Waals surface area contributed by atoms with Gasteiger partial charge in [-0.05, 0) is 18.8 Å². The SMILES string of the molecule is NOCC1CC1.O=C1NC(=O)C2C=CC=CC12. The van der Waals surface area contributed by atoms with Crippen LogP contribution in [0.4, 0.5) is 0 Å². The van der Waals surface area contributed by atoms with Crippen LogP contribution in [0, 0.1) is 17.8 Å². The van der Waals surface area contributed by atoms with Crippen LogP contribution in [0.2, 0.25) is 0 Å². The number of nitrogens with one attached hydrogen (secondary N) is 1. The van der Waals surface area contributed by atoms with Crippen molar-refractivity contribution < 1.29 is 14.4 Å². The average molecular weight is 236 g/mol. The molecule has 0 bridgehead atoms. The van der Waals surface area contributed by atoms with Crippen LogP contribution in [0.15, 0.2) is 24.3 Å². The van der Waals surface area contributed by atoms with E-state index in [0.717, 1.165) is 12.5 Å². The molecule has 5 heteroatoms. The van der Waals surface area contributed by atoms with E-state index in [0.29, 0.717) is 0 Å². The fourth-order valence-electron chi connectivity index (χ4n) is 1.82. The van der Waals surface area contributed by atoms with E-state index in [1.807, 2.05) is 0 Å². The predicted molar refractivity (Wildman–Crippen MR) is 61.3 cm³/mol. The van der Waals surface area contributed by atoms with Gasteiger partial charge in [-0.3, -0.25) is 14.9 Å². The Morgan fingerprint density at radius 3 is 2.06 bits per heavy atom. The average Bonchev–Trinajstić information content (AvgIpc) is 3.09. The molecule has 3 aliphatic rings. The number of rotatable bonds is 2. The molecule has 92 valence electrons. The maximum atomic E-state index is 11.0. The summed E-state index contributed by atoms with van der Waals surface area (Å²) in [4.78, 5) is 26.4. The minimum absolute atomic E-state index is 0.180. The van der Waals surface area contributed by atoms with Gasteiger partial charge in [-0.25, -0.2) is 5.90 Å². The molecule has 2 unspecified atom stereocenters. The van der Waals surface area contributed by atoms with Crippen LogP contribution in [0.1, 0.15) is 12.8 Å². The summed E-state index contributed by atoms with van der Waals surface area (Å²) in [6.45, 7) is 0.764. The zero-order chi connectivity index (χ0) is 12.3. The lowest BCUT2D eigenvalue weighted by Gasteiger charge is -2.08. The first kappa shape index (κ1) is 12.0. The summed E-state index contributed by atoms with van der Waals surface area (Å²) in [5, 5.41) is 2.28. The molecule has 0 aromatic rings. The predicted octanol–water partition coefficient (Wildman–Crippen LogP) is 0.288. The maximum absolute atomic E-state index is 11.0. The van der Waals surface area contributed by atoms with Crippen molar-refractivity contribution in [1.82, 2.24) is 5.32 Å². The maximum Gasteiger partial charge on any atom is 0.234 e. The minimum Gasteiger partial charge on any atom is -0.304 e. The quantitative estimate of drug-likeness (QED) is 0.533. The normalized spacial score (nSPS) is 29.5. The lowest BCUT2D eigenvalue weighted by Crippen LogP contribution is -2.21. The van der Waals surface area contributed by atoms with Gasteiger partial charge in [0.2, 0.25) is 11.8 Å². The number of carbonyl (C=O) groups is 2. The molecule has 0 aromatic carbocycles. The summed E-state index contributed by atoms with van der Waals surface area (Å²) < 4.78 is 0. The van der Waals surface area contributed by atoms with Crippen LogP contribution >= 0.6 is 0 Å². The van der Waals surface area contributed by atoms with E-state index in [2.05, 4.69) is 10.2 Å². The Morgan fingerprint density at radius 2 is 1.71 bits per heavy atom. The van der Waals surface area contributed by atoms with Crippen LogP contribution in [0.25, 0.3) is 0 Å². The van der Waals surface area contributed by atoms with Crippen molar-refractivity contribution in [3.63, 3.8) is 0 Å². The first-order chi connectivity index (χ1) is 8.22. The third-order valence-corrected chi connectivity index (χ3v) is 3.02. The molecule has 1 saturated heterocycles. The Kier molecular flexibility index (Phi) is 3.71. The zero-order valence-corrected chi connectivity index (χ0v) is 9.46. The number of amides is 2. The topological polar surface area (TPSA) is 81.4 Å². The van der Waals surface area contributed by atoms with Gasteiger partial charge in [0.15, 0.2) is 0 Å². The first-order valence-corrected chi connectivity index (χ1v) is 5.73. The molecular formula is C12H16N2O3. The summed E-state index contributed by atoms with van der Waals surface area (Å²) in [5.41, 5.74) is 0. The van der Waals surface area contributed by atoms with Crippen LogP contribution < -0.4 is 11.2 Å². The minimum atomic E-state index is -0.257. The van der Waals surface area contributed by atoms with Crippen molar-refractivity contribution in [3.05, 3.63) is 24.3 Å². The van der Waals surface area contributed by atoms with Crippen LogP contribution in [0.5, 0.6) is 0 Å². The highest BCUT2D eigenvalue weighted by molar-refractivity contribution is 6.07. The highest BCUT2D eigenvalue weighted by Crippen LogP contribution is 2.28. The molecule has 1 aliphatic heterocycles. The van der Waals surface area contributed by atoms with Gasteiger partial charge in [0, 0.05) is 0 Å². The largest absolute Gasteiger partial charge is 0.304 e. The molecule has 5 nitrogen and oxygen atoms in total. The van der Waals surface area contributed by atoms with E-state index in [1.165, 1.54) is 12.8 Å². The molecule has 0 aromatic heterocycles. The number of hydrogen-bond acceptors (Lipinski definition) is 4. The zero-order valence-electron chi connectivity index (χ0n) is 9.46. The van der Waals surface area contributed by atoms with Crippen LogP contribution in [0.3, 0.4) is 0 Å². The summed E-state index contributed by atoms with van der Waals surface area (Å²) in [6, 6.07) is 0. The van der Waals surface area contributed by atoms with Gasteiger partial charge in [0.25, 0.3) is 0 Å². The van der Waals surface area contributed by atoms with Crippen molar-refractivity contribution in [1.29, 1.82) is 0 Å². The molecule has 0 spiro atoms. The van der Waals surface area contributed by atoms with Crippen molar-refractivity contribution in [2.45, 2.75) is 12.8 Å². The number of nitrogens with two attached hydrogens (primary N) is 1. The van der Waals surface area contributed by atoms with Crippen molar-refractivity contribution >= 4 is 11.8 Å². The first-order valence-electron chi connectivity index (χ1n) is 5.73. The third-order valence-electron chi connectivity index (χ3n) is 3.02. The molecule has 1 saturated carbocycles. The van der Waals surface area contributed by atoms with E-state index >= 15 is 0 Å². The second-order valence-corrected chi connectivity index (χ2v) is 4.45. The van der Waals surface area contributed by atoms with Gasteiger partial charge in [0.05, 0.1) is 18.4 Å². The Bertz CT molecular complexity index is 344. The number of fused-ring (bicyclic) bond motifs is 1. The molecule has 2 amide bonds. The number of imide groups is 1. The number of allylic oxidation sites excluding steroid dienone is 2. The van der Waals surface area contributed by atoms with Gasteiger partial charge in [0.1, 0.15) is 0 Å². The van der Waals surface area contributed by atoms with Crippen molar-refractivity contribution in [2.75, 3.05) is 6.61 Å². The van der Waals surface area contributed by atoms with Gasteiger partial charge in [-0.2, -0.15) is 0 Å². The van der Waals surface area contributed by atoms with E-state index in [9.17, 15) is 9.59 Å². The highest BCUT2D eigenvalue weighted by atomic mass is 16.6. The molecule has 2 aliphatic carbocycles. The summed E-state index contributed by atoms with van der Waals surface area (Å²) in [7, 11) is 0. The lowest BCUT2D eigenvalue weighted by molar-refractivity contribution is -0.125.